The molecule has 0 aliphatic heterocycles. The summed E-state index contributed by atoms with van der Waals surface area (Å²) in [5.74, 6) is 0.481. The molecule has 17 heavy (non-hydrogen) atoms. The molecule has 0 bridgehead atoms. The summed E-state index contributed by atoms with van der Waals surface area (Å²) in [5, 5.41) is 7.86. The van der Waals surface area contributed by atoms with Crippen LogP contribution in [0.5, 0.6) is 5.75 Å². The molecule has 0 atom stereocenters. The highest BCUT2D eigenvalue weighted by Gasteiger charge is 2.12. The van der Waals surface area contributed by atoms with E-state index in [1.54, 1.807) is 18.5 Å². The molecule has 1 aromatic heterocycles. The maximum absolute atomic E-state index is 13.6. The van der Waals surface area contributed by atoms with Crippen LogP contribution in [0.4, 0.5) is 4.39 Å². The van der Waals surface area contributed by atoms with Gasteiger partial charge in [0.05, 0.1) is 7.11 Å². The second-order valence-corrected chi connectivity index (χ2v) is 4.00. The zero-order valence-corrected chi connectivity index (χ0v) is 10.0. The highest BCUT2D eigenvalue weighted by atomic mass is 19.1. The van der Waals surface area contributed by atoms with Gasteiger partial charge in [-0.05, 0) is 32.0 Å². The van der Waals surface area contributed by atoms with Crippen LogP contribution >= 0.6 is 0 Å². The Hall–Kier alpha value is -1.91. The normalized spacial score (nSPS) is 10.9. The molecule has 0 saturated heterocycles. The van der Waals surface area contributed by atoms with Crippen LogP contribution in [0, 0.1) is 5.82 Å². The number of hydrogen-bond donors (Lipinski definition) is 0. The van der Waals surface area contributed by atoms with Crippen molar-refractivity contribution in [2.75, 3.05) is 7.11 Å². The van der Waals surface area contributed by atoms with Gasteiger partial charge in [-0.25, -0.2) is 4.39 Å². The summed E-state index contributed by atoms with van der Waals surface area (Å²) in [4.78, 5) is 0. The van der Waals surface area contributed by atoms with Crippen molar-refractivity contribution >= 4 is 0 Å². The summed E-state index contributed by atoms with van der Waals surface area (Å²) in [6.07, 6.45) is 1.64. The highest BCUT2D eigenvalue weighted by Crippen LogP contribution is 2.25. The van der Waals surface area contributed by atoms with Crippen LogP contribution in [0.2, 0.25) is 0 Å². The molecule has 0 saturated carbocycles. The van der Waals surface area contributed by atoms with Crippen molar-refractivity contribution in [3.8, 4) is 17.1 Å². The molecule has 0 N–H and O–H groups in total. The lowest BCUT2D eigenvalue weighted by molar-refractivity contribution is 0.386. The molecule has 0 unspecified atom stereocenters. The molecule has 5 heteroatoms. The molecule has 0 aliphatic rings. The number of nitrogens with zero attached hydrogens (tertiary/aromatic N) is 3. The van der Waals surface area contributed by atoms with E-state index in [0.29, 0.717) is 11.4 Å². The lowest BCUT2D eigenvalue weighted by Crippen LogP contribution is -2.02. The molecular formula is C12H14FN3O. The van der Waals surface area contributed by atoms with Crippen LogP contribution in [0.3, 0.4) is 0 Å². The third kappa shape index (κ3) is 2.13. The van der Waals surface area contributed by atoms with E-state index in [4.69, 9.17) is 4.74 Å². The van der Waals surface area contributed by atoms with E-state index in [1.807, 2.05) is 18.4 Å². The molecule has 4 nitrogen and oxygen atoms in total. The molecule has 2 rings (SSSR count). The van der Waals surface area contributed by atoms with Crippen molar-refractivity contribution in [2.24, 2.45) is 0 Å². The monoisotopic (exact) mass is 235 g/mol. The maximum Gasteiger partial charge on any atom is 0.165 e. The van der Waals surface area contributed by atoms with Gasteiger partial charge in [-0.2, -0.15) is 0 Å². The Morgan fingerprint density at radius 2 is 2.12 bits per heavy atom. The molecule has 2 aromatic rings. The minimum atomic E-state index is -0.400. The summed E-state index contributed by atoms with van der Waals surface area (Å²) in [7, 11) is 1.44. The Labute approximate surface area is 99.1 Å². The van der Waals surface area contributed by atoms with E-state index in [2.05, 4.69) is 10.2 Å². The zero-order chi connectivity index (χ0) is 12.4. The Bertz CT molecular complexity index is 522. The Morgan fingerprint density at radius 3 is 2.71 bits per heavy atom. The van der Waals surface area contributed by atoms with Crippen molar-refractivity contribution in [1.29, 1.82) is 0 Å². The van der Waals surface area contributed by atoms with Gasteiger partial charge in [0, 0.05) is 11.6 Å². The fourth-order valence-corrected chi connectivity index (χ4v) is 1.63. The first-order valence-electron chi connectivity index (χ1n) is 5.37. The average molecular weight is 235 g/mol. The van der Waals surface area contributed by atoms with E-state index in [0.717, 1.165) is 0 Å². The Morgan fingerprint density at radius 1 is 1.35 bits per heavy atom. The number of rotatable bonds is 3. The topological polar surface area (TPSA) is 39.9 Å². The average Bonchev–Trinajstić information content (AvgIpc) is 2.77. The van der Waals surface area contributed by atoms with Gasteiger partial charge < -0.3 is 9.30 Å². The Balaban J connectivity index is 2.46. The van der Waals surface area contributed by atoms with E-state index in [-0.39, 0.29) is 11.8 Å². The van der Waals surface area contributed by atoms with Crippen LogP contribution < -0.4 is 4.74 Å². The van der Waals surface area contributed by atoms with Crippen molar-refractivity contribution in [3.63, 3.8) is 0 Å². The molecule has 0 fully saturated rings. The smallest absolute Gasteiger partial charge is 0.165 e. The predicted molar refractivity (Wildman–Crippen MR) is 62.4 cm³/mol. The third-order valence-electron chi connectivity index (χ3n) is 2.54. The molecule has 0 radical (unpaired) electrons. The highest BCUT2D eigenvalue weighted by molar-refractivity contribution is 5.56. The van der Waals surface area contributed by atoms with Gasteiger partial charge in [0.25, 0.3) is 0 Å². The zero-order valence-electron chi connectivity index (χ0n) is 10.0. The number of hydrogen-bond acceptors (Lipinski definition) is 3. The fourth-order valence-electron chi connectivity index (χ4n) is 1.63. The first-order valence-corrected chi connectivity index (χ1v) is 5.37. The summed E-state index contributed by atoms with van der Waals surface area (Å²) >= 11 is 0. The number of methoxy groups -OCH3 is 1. The van der Waals surface area contributed by atoms with E-state index >= 15 is 0 Å². The fraction of sp³-hybridized carbons (Fsp3) is 0.333. The lowest BCUT2D eigenvalue weighted by Gasteiger charge is -2.10. The maximum atomic E-state index is 13.6. The molecule has 0 spiro atoms. The van der Waals surface area contributed by atoms with Gasteiger partial charge in [0.15, 0.2) is 17.4 Å². The van der Waals surface area contributed by atoms with Gasteiger partial charge >= 0.3 is 0 Å². The second-order valence-electron chi connectivity index (χ2n) is 4.00. The van der Waals surface area contributed by atoms with Crippen LogP contribution in [-0.4, -0.2) is 21.9 Å². The molecule has 0 amide bonds. The summed E-state index contributed by atoms with van der Waals surface area (Å²) in [6, 6.07) is 4.99. The number of aromatic nitrogens is 3. The standard InChI is InChI=1S/C12H14FN3O/c1-8(2)16-7-14-15-12(16)9-4-5-11(17-3)10(13)6-9/h4-8H,1-3H3. The molecule has 1 aromatic carbocycles. The first kappa shape index (κ1) is 11.6. The molecular weight excluding hydrogens is 221 g/mol. The summed E-state index contributed by atoms with van der Waals surface area (Å²) in [5.41, 5.74) is 0.689. The molecule has 1 heterocycles. The van der Waals surface area contributed by atoms with Crippen molar-refractivity contribution in [1.82, 2.24) is 14.8 Å². The van der Waals surface area contributed by atoms with Crippen LogP contribution in [0.25, 0.3) is 11.4 Å². The minimum Gasteiger partial charge on any atom is -0.494 e. The number of ether oxygens (including phenoxy) is 1. The van der Waals surface area contributed by atoms with Gasteiger partial charge in [-0.3, -0.25) is 0 Å². The van der Waals surface area contributed by atoms with Crippen LogP contribution in [-0.2, 0) is 0 Å². The second kappa shape index (κ2) is 4.53. The molecule has 90 valence electrons. The third-order valence-corrected chi connectivity index (χ3v) is 2.54. The van der Waals surface area contributed by atoms with Crippen molar-refractivity contribution < 1.29 is 9.13 Å². The first-order chi connectivity index (χ1) is 8.13. The molecule has 0 aliphatic carbocycles. The lowest BCUT2D eigenvalue weighted by atomic mass is 10.2. The number of benzene rings is 1. The van der Waals surface area contributed by atoms with Crippen LogP contribution in [0.15, 0.2) is 24.5 Å². The van der Waals surface area contributed by atoms with Crippen molar-refractivity contribution in [3.05, 3.63) is 30.3 Å². The van der Waals surface area contributed by atoms with Crippen LogP contribution in [0.1, 0.15) is 19.9 Å². The quantitative estimate of drug-likeness (QED) is 0.821. The summed E-state index contributed by atoms with van der Waals surface area (Å²) < 4.78 is 20.4. The Kier molecular flexibility index (Phi) is 3.08. The van der Waals surface area contributed by atoms with Gasteiger partial charge in [0.1, 0.15) is 6.33 Å². The largest absolute Gasteiger partial charge is 0.494 e. The van der Waals surface area contributed by atoms with Gasteiger partial charge in [-0.15, -0.1) is 10.2 Å². The predicted octanol–water partition coefficient (Wildman–Crippen LogP) is 2.67. The van der Waals surface area contributed by atoms with E-state index in [1.165, 1.54) is 13.2 Å². The SMILES string of the molecule is COc1ccc(-c2nncn2C(C)C)cc1F. The van der Waals surface area contributed by atoms with Gasteiger partial charge in [0.2, 0.25) is 0 Å². The minimum absolute atomic E-state index is 0.226. The van der Waals surface area contributed by atoms with E-state index in [9.17, 15) is 4.39 Å². The van der Waals surface area contributed by atoms with E-state index < -0.39 is 5.82 Å². The van der Waals surface area contributed by atoms with Gasteiger partial charge in [-0.1, -0.05) is 0 Å². The number of halogens is 1. The van der Waals surface area contributed by atoms with Crippen molar-refractivity contribution in [2.45, 2.75) is 19.9 Å². The summed E-state index contributed by atoms with van der Waals surface area (Å²) in [6.45, 7) is 4.04.